The van der Waals surface area contributed by atoms with Crippen molar-refractivity contribution in [3.05, 3.63) is 47.5 Å². The van der Waals surface area contributed by atoms with Gasteiger partial charge in [0.25, 0.3) is 0 Å². The van der Waals surface area contributed by atoms with E-state index < -0.39 is 0 Å². The number of nitrogens with zero attached hydrogens (tertiary/aromatic N) is 3. The summed E-state index contributed by atoms with van der Waals surface area (Å²) in [6.07, 6.45) is 4.77. The normalized spacial score (nSPS) is 17.3. The summed E-state index contributed by atoms with van der Waals surface area (Å²) in [5.41, 5.74) is 4.34. The van der Waals surface area contributed by atoms with Gasteiger partial charge in [0.05, 0.1) is 11.0 Å². The highest BCUT2D eigenvalue weighted by Gasteiger charge is 2.19. The minimum Gasteiger partial charge on any atom is -0.354 e. The van der Waals surface area contributed by atoms with E-state index >= 15 is 0 Å². The molecule has 4 rings (SSSR count). The number of fused-ring (bicyclic) bond motifs is 1. The third-order valence-corrected chi connectivity index (χ3v) is 5.21. The molecule has 1 aromatic carbocycles. The van der Waals surface area contributed by atoms with Crippen LogP contribution in [0.2, 0.25) is 0 Å². The molecule has 1 amide bonds. The van der Waals surface area contributed by atoms with Crippen molar-refractivity contribution in [2.24, 2.45) is 0 Å². The van der Waals surface area contributed by atoms with E-state index in [1.54, 1.807) is 6.20 Å². The fourth-order valence-electron chi connectivity index (χ4n) is 3.78. The first-order chi connectivity index (χ1) is 13.2. The number of rotatable bonds is 6. The number of amides is 1. The van der Waals surface area contributed by atoms with E-state index in [1.807, 2.05) is 22.9 Å². The number of aromatic amines is 1. The van der Waals surface area contributed by atoms with E-state index in [1.165, 1.54) is 6.42 Å². The molecular formula is C20H26N6O. The zero-order chi connectivity index (χ0) is 18.6. The SMILES string of the molecule is Cc1cccc2[nH]c(CCNC(=O)Cn3nccc3[C@H]3CCCNC3)nc12. The molecule has 0 unspecified atom stereocenters. The highest BCUT2D eigenvalue weighted by atomic mass is 16.2. The largest absolute Gasteiger partial charge is 0.354 e. The highest BCUT2D eigenvalue weighted by molar-refractivity contribution is 5.78. The topological polar surface area (TPSA) is 87.6 Å². The quantitative estimate of drug-likeness (QED) is 0.622. The third-order valence-electron chi connectivity index (χ3n) is 5.21. The number of nitrogens with one attached hydrogen (secondary N) is 3. The predicted octanol–water partition coefficient (Wildman–Crippen LogP) is 1.89. The molecule has 27 heavy (non-hydrogen) atoms. The number of hydrogen-bond donors (Lipinski definition) is 3. The Labute approximate surface area is 158 Å². The molecule has 1 aliphatic heterocycles. The van der Waals surface area contributed by atoms with E-state index in [4.69, 9.17) is 0 Å². The molecule has 0 bridgehead atoms. The minimum atomic E-state index is -0.0176. The summed E-state index contributed by atoms with van der Waals surface area (Å²) in [5, 5.41) is 10.7. The lowest BCUT2D eigenvalue weighted by Crippen LogP contribution is -2.33. The van der Waals surface area contributed by atoms with Crippen LogP contribution in [0.1, 0.15) is 35.8 Å². The average molecular weight is 366 g/mol. The van der Waals surface area contributed by atoms with Gasteiger partial charge < -0.3 is 15.6 Å². The monoisotopic (exact) mass is 366 g/mol. The van der Waals surface area contributed by atoms with Gasteiger partial charge in [-0.2, -0.15) is 5.10 Å². The first kappa shape index (κ1) is 17.7. The summed E-state index contributed by atoms with van der Waals surface area (Å²) in [4.78, 5) is 20.3. The Morgan fingerprint density at radius 2 is 2.30 bits per heavy atom. The maximum absolute atomic E-state index is 12.3. The summed E-state index contributed by atoms with van der Waals surface area (Å²) in [5.74, 6) is 1.32. The highest BCUT2D eigenvalue weighted by Crippen LogP contribution is 2.22. The lowest BCUT2D eigenvalue weighted by Gasteiger charge is -2.23. The van der Waals surface area contributed by atoms with Crippen LogP contribution in [0.5, 0.6) is 0 Å². The smallest absolute Gasteiger partial charge is 0.241 e. The molecule has 3 aromatic rings. The van der Waals surface area contributed by atoms with Crippen molar-refractivity contribution >= 4 is 16.9 Å². The second-order valence-corrected chi connectivity index (χ2v) is 7.21. The fraction of sp³-hybridized carbons (Fsp3) is 0.450. The van der Waals surface area contributed by atoms with Crippen molar-refractivity contribution in [3.8, 4) is 0 Å². The van der Waals surface area contributed by atoms with Gasteiger partial charge in [0.15, 0.2) is 0 Å². The Hall–Kier alpha value is -2.67. The summed E-state index contributed by atoms with van der Waals surface area (Å²) >= 11 is 0. The molecule has 1 fully saturated rings. The van der Waals surface area contributed by atoms with Crippen molar-refractivity contribution in [2.45, 2.75) is 38.6 Å². The van der Waals surface area contributed by atoms with Gasteiger partial charge in [-0.05, 0) is 44.0 Å². The number of hydrogen-bond acceptors (Lipinski definition) is 4. The lowest BCUT2D eigenvalue weighted by atomic mass is 9.96. The third kappa shape index (κ3) is 4.03. The number of piperidine rings is 1. The van der Waals surface area contributed by atoms with Crippen molar-refractivity contribution in [1.29, 1.82) is 0 Å². The molecule has 0 radical (unpaired) electrons. The van der Waals surface area contributed by atoms with E-state index in [9.17, 15) is 4.79 Å². The lowest BCUT2D eigenvalue weighted by molar-refractivity contribution is -0.121. The molecule has 2 aromatic heterocycles. The van der Waals surface area contributed by atoms with Gasteiger partial charge in [0.1, 0.15) is 12.4 Å². The van der Waals surface area contributed by atoms with Crippen LogP contribution in [-0.4, -0.2) is 45.3 Å². The molecule has 7 heteroatoms. The second-order valence-electron chi connectivity index (χ2n) is 7.21. The molecule has 0 aliphatic carbocycles. The van der Waals surface area contributed by atoms with Gasteiger partial charge in [0.2, 0.25) is 5.91 Å². The van der Waals surface area contributed by atoms with Crippen LogP contribution in [0.3, 0.4) is 0 Å². The van der Waals surface area contributed by atoms with E-state index in [-0.39, 0.29) is 12.5 Å². The van der Waals surface area contributed by atoms with Crippen molar-refractivity contribution < 1.29 is 4.79 Å². The predicted molar refractivity (Wildman–Crippen MR) is 105 cm³/mol. The molecule has 3 N–H and O–H groups in total. The number of benzene rings is 1. The molecule has 1 saturated heterocycles. The number of H-pyrrole nitrogens is 1. The van der Waals surface area contributed by atoms with Gasteiger partial charge in [-0.15, -0.1) is 0 Å². The summed E-state index contributed by atoms with van der Waals surface area (Å²) in [6.45, 7) is 4.90. The number of carbonyl (C=O) groups is 1. The zero-order valence-corrected chi connectivity index (χ0v) is 15.7. The van der Waals surface area contributed by atoms with Gasteiger partial charge in [-0.1, -0.05) is 12.1 Å². The average Bonchev–Trinajstić information content (AvgIpc) is 3.30. The summed E-state index contributed by atoms with van der Waals surface area (Å²) < 4.78 is 1.83. The first-order valence-electron chi connectivity index (χ1n) is 9.64. The Morgan fingerprint density at radius 1 is 1.37 bits per heavy atom. The standard InChI is InChI=1S/C20H26N6O/c1-14-4-2-6-16-20(14)25-18(24-16)8-10-22-19(27)13-26-17(7-11-23-26)15-5-3-9-21-12-15/h2,4,6-7,11,15,21H,3,5,8-10,12-13H2,1H3,(H,22,27)(H,24,25)/t15-/m0/s1. The Balaban J connectivity index is 1.31. The maximum Gasteiger partial charge on any atom is 0.241 e. The number of aryl methyl sites for hydroxylation is 1. The van der Waals surface area contributed by atoms with Crippen molar-refractivity contribution in [2.75, 3.05) is 19.6 Å². The Morgan fingerprint density at radius 3 is 3.11 bits per heavy atom. The van der Waals surface area contributed by atoms with Gasteiger partial charge >= 0.3 is 0 Å². The molecule has 1 aliphatic rings. The van der Waals surface area contributed by atoms with Crippen LogP contribution in [0.4, 0.5) is 0 Å². The summed E-state index contributed by atoms with van der Waals surface area (Å²) in [6, 6.07) is 8.13. The molecule has 0 saturated carbocycles. The summed E-state index contributed by atoms with van der Waals surface area (Å²) in [7, 11) is 0. The number of aromatic nitrogens is 4. The van der Waals surface area contributed by atoms with E-state index in [0.29, 0.717) is 18.9 Å². The Kier molecular flexibility index (Phi) is 5.20. The van der Waals surface area contributed by atoms with Crippen LogP contribution in [-0.2, 0) is 17.8 Å². The second kappa shape index (κ2) is 7.92. The van der Waals surface area contributed by atoms with E-state index in [2.05, 4.69) is 38.7 Å². The van der Waals surface area contributed by atoms with Gasteiger partial charge in [0, 0.05) is 37.3 Å². The van der Waals surface area contributed by atoms with Gasteiger partial charge in [-0.3, -0.25) is 9.48 Å². The fourth-order valence-corrected chi connectivity index (χ4v) is 3.78. The first-order valence-corrected chi connectivity index (χ1v) is 9.64. The number of imidazole rings is 1. The molecule has 0 spiro atoms. The van der Waals surface area contributed by atoms with Crippen LogP contribution in [0, 0.1) is 6.92 Å². The van der Waals surface area contributed by atoms with Crippen LogP contribution in [0.25, 0.3) is 11.0 Å². The Bertz CT molecular complexity index is 922. The van der Waals surface area contributed by atoms with Gasteiger partial charge in [-0.25, -0.2) is 4.98 Å². The molecule has 3 heterocycles. The van der Waals surface area contributed by atoms with Crippen LogP contribution >= 0.6 is 0 Å². The number of carbonyl (C=O) groups excluding carboxylic acids is 1. The van der Waals surface area contributed by atoms with Crippen LogP contribution in [0.15, 0.2) is 30.5 Å². The molecule has 1 atom stereocenters. The van der Waals surface area contributed by atoms with Crippen LogP contribution < -0.4 is 10.6 Å². The number of para-hydroxylation sites is 1. The molecule has 142 valence electrons. The molecular weight excluding hydrogens is 340 g/mol. The minimum absolute atomic E-state index is 0.0176. The maximum atomic E-state index is 12.3. The zero-order valence-electron chi connectivity index (χ0n) is 15.7. The molecule has 7 nitrogen and oxygen atoms in total. The van der Waals surface area contributed by atoms with Crippen molar-refractivity contribution in [3.63, 3.8) is 0 Å². The van der Waals surface area contributed by atoms with Crippen molar-refractivity contribution in [1.82, 2.24) is 30.4 Å². The van der Waals surface area contributed by atoms with E-state index in [0.717, 1.165) is 47.6 Å².